The van der Waals surface area contributed by atoms with Crippen molar-refractivity contribution >= 4 is 5.69 Å². The van der Waals surface area contributed by atoms with Crippen LogP contribution < -0.4 is 10.5 Å². The molecular weight excluding hydrogens is 224 g/mol. The lowest BCUT2D eigenvalue weighted by atomic mass is 10.2. The summed E-state index contributed by atoms with van der Waals surface area (Å²) in [5, 5.41) is 10.6. The van der Waals surface area contributed by atoms with Gasteiger partial charge in [-0.1, -0.05) is 0 Å². The molecule has 0 unspecified atom stereocenters. The molecule has 1 aromatic rings. The van der Waals surface area contributed by atoms with Gasteiger partial charge in [-0.25, -0.2) is 0 Å². The van der Waals surface area contributed by atoms with E-state index in [9.17, 15) is 10.1 Å². The Balaban J connectivity index is 2.68. The molecule has 0 aliphatic rings. The number of nitrogens with two attached hydrogens (primary N) is 1. The molecule has 2 N–H and O–H groups in total. The van der Waals surface area contributed by atoms with Gasteiger partial charge in [0.05, 0.1) is 11.5 Å². The van der Waals surface area contributed by atoms with E-state index in [1.54, 1.807) is 13.2 Å². The molecule has 0 spiro atoms. The molecule has 0 aliphatic carbocycles. The van der Waals surface area contributed by atoms with Crippen LogP contribution in [0.4, 0.5) is 5.69 Å². The van der Waals surface area contributed by atoms with Gasteiger partial charge in [-0.15, -0.1) is 0 Å². The van der Waals surface area contributed by atoms with Gasteiger partial charge >= 0.3 is 0 Å². The van der Waals surface area contributed by atoms with E-state index in [-0.39, 0.29) is 12.2 Å². The lowest BCUT2D eigenvalue weighted by Gasteiger charge is -2.09. The molecule has 94 valence electrons. The first-order chi connectivity index (χ1) is 8.19. The summed E-state index contributed by atoms with van der Waals surface area (Å²) >= 11 is 0. The second kappa shape index (κ2) is 6.82. The first-order valence-corrected chi connectivity index (χ1v) is 5.28. The first kappa shape index (κ1) is 13.4. The Morgan fingerprint density at radius 1 is 1.41 bits per heavy atom. The number of non-ortho nitro benzene ring substituents is 1. The number of hydrogen-bond acceptors (Lipinski definition) is 5. The van der Waals surface area contributed by atoms with Crippen LogP contribution in [0.15, 0.2) is 18.2 Å². The Morgan fingerprint density at radius 3 is 2.76 bits per heavy atom. The highest BCUT2D eigenvalue weighted by Gasteiger charge is 2.10. The largest absolute Gasteiger partial charge is 0.493 e. The summed E-state index contributed by atoms with van der Waals surface area (Å²) in [7, 11) is 1.62. The van der Waals surface area contributed by atoms with Gasteiger partial charge in [-0.05, 0) is 6.07 Å². The van der Waals surface area contributed by atoms with Crippen LogP contribution in [0.2, 0.25) is 0 Å². The molecule has 0 saturated carbocycles. The Labute approximate surface area is 99.5 Å². The van der Waals surface area contributed by atoms with Crippen molar-refractivity contribution in [1.29, 1.82) is 0 Å². The van der Waals surface area contributed by atoms with Crippen molar-refractivity contribution in [3.05, 3.63) is 33.9 Å². The molecule has 1 rings (SSSR count). The fourth-order valence-electron chi connectivity index (χ4n) is 1.37. The van der Waals surface area contributed by atoms with Crippen LogP contribution in [0.25, 0.3) is 0 Å². The molecule has 0 heterocycles. The van der Waals surface area contributed by atoms with Crippen molar-refractivity contribution in [2.75, 3.05) is 20.3 Å². The molecule has 0 aliphatic heterocycles. The molecule has 0 radical (unpaired) electrons. The first-order valence-electron chi connectivity index (χ1n) is 5.28. The van der Waals surface area contributed by atoms with E-state index in [1.807, 2.05) is 0 Å². The highest BCUT2D eigenvalue weighted by molar-refractivity contribution is 5.43. The number of benzene rings is 1. The Kier molecular flexibility index (Phi) is 5.38. The Morgan fingerprint density at radius 2 is 2.18 bits per heavy atom. The van der Waals surface area contributed by atoms with Crippen LogP contribution in [0, 0.1) is 10.1 Å². The summed E-state index contributed by atoms with van der Waals surface area (Å²) in [6, 6.07) is 4.42. The van der Waals surface area contributed by atoms with Gasteiger partial charge in [-0.3, -0.25) is 10.1 Å². The molecular formula is C11H16N2O4. The predicted octanol–water partition coefficient (Wildman–Crippen LogP) is 1.47. The summed E-state index contributed by atoms with van der Waals surface area (Å²) in [6.07, 6.45) is 0.761. The lowest BCUT2D eigenvalue weighted by Crippen LogP contribution is -2.06. The maximum atomic E-state index is 10.6. The number of ether oxygens (including phenoxy) is 2. The van der Waals surface area contributed by atoms with Gasteiger partial charge in [0.25, 0.3) is 5.69 Å². The molecule has 0 bridgehead atoms. The van der Waals surface area contributed by atoms with Crippen LogP contribution in [-0.2, 0) is 11.3 Å². The topological polar surface area (TPSA) is 87.6 Å². The molecule has 6 nitrogen and oxygen atoms in total. The van der Waals surface area contributed by atoms with Crippen molar-refractivity contribution in [2.45, 2.75) is 13.0 Å². The summed E-state index contributed by atoms with van der Waals surface area (Å²) < 4.78 is 10.4. The Bertz CT molecular complexity index is 382. The minimum absolute atomic E-state index is 0.0229. The number of methoxy groups -OCH3 is 1. The number of hydrogen-bond donors (Lipinski definition) is 1. The normalized spacial score (nSPS) is 10.2. The van der Waals surface area contributed by atoms with Crippen LogP contribution in [0.1, 0.15) is 12.0 Å². The number of nitro groups is 1. The summed E-state index contributed by atoms with van der Waals surface area (Å²) in [4.78, 5) is 10.1. The van der Waals surface area contributed by atoms with E-state index in [1.165, 1.54) is 12.1 Å². The van der Waals surface area contributed by atoms with Gasteiger partial charge in [0.1, 0.15) is 5.75 Å². The van der Waals surface area contributed by atoms with Gasteiger partial charge in [-0.2, -0.15) is 0 Å². The van der Waals surface area contributed by atoms with Crippen molar-refractivity contribution in [3.8, 4) is 5.75 Å². The van der Waals surface area contributed by atoms with Crippen molar-refractivity contribution in [3.63, 3.8) is 0 Å². The summed E-state index contributed by atoms with van der Waals surface area (Å²) in [5.41, 5.74) is 6.18. The van der Waals surface area contributed by atoms with E-state index in [4.69, 9.17) is 15.2 Å². The number of nitrogens with zero attached hydrogens (tertiary/aromatic N) is 1. The zero-order chi connectivity index (χ0) is 12.7. The second-order valence-electron chi connectivity index (χ2n) is 3.45. The van der Waals surface area contributed by atoms with E-state index in [0.717, 1.165) is 6.42 Å². The van der Waals surface area contributed by atoms with Crippen LogP contribution in [-0.4, -0.2) is 25.2 Å². The molecule has 17 heavy (non-hydrogen) atoms. The van der Waals surface area contributed by atoms with Gasteiger partial charge in [0.2, 0.25) is 0 Å². The van der Waals surface area contributed by atoms with E-state index >= 15 is 0 Å². The zero-order valence-corrected chi connectivity index (χ0v) is 9.72. The molecule has 0 fully saturated rings. The summed E-state index contributed by atoms with van der Waals surface area (Å²) in [6.45, 7) is 1.32. The third-order valence-corrected chi connectivity index (χ3v) is 2.23. The minimum Gasteiger partial charge on any atom is -0.493 e. The Hall–Kier alpha value is -1.66. The van der Waals surface area contributed by atoms with E-state index in [2.05, 4.69) is 0 Å². The predicted molar refractivity (Wildman–Crippen MR) is 63.0 cm³/mol. The second-order valence-corrected chi connectivity index (χ2v) is 3.45. The van der Waals surface area contributed by atoms with Gasteiger partial charge in [0.15, 0.2) is 0 Å². The highest BCUT2D eigenvalue weighted by Crippen LogP contribution is 2.23. The minimum atomic E-state index is -0.451. The van der Waals surface area contributed by atoms with Crippen molar-refractivity contribution in [1.82, 2.24) is 0 Å². The highest BCUT2D eigenvalue weighted by atomic mass is 16.6. The lowest BCUT2D eigenvalue weighted by molar-refractivity contribution is -0.384. The van der Waals surface area contributed by atoms with Crippen molar-refractivity contribution in [2.24, 2.45) is 5.73 Å². The van der Waals surface area contributed by atoms with E-state index in [0.29, 0.717) is 24.5 Å². The van der Waals surface area contributed by atoms with E-state index < -0.39 is 4.92 Å². The number of nitro benzene ring substituents is 1. The molecule has 0 amide bonds. The van der Waals surface area contributed by atoms with Crippen LogP contribution in [0.5, 0.6) is 5.75 Å². The average Bonchev–Trinajstić information content (AvgIpc) is 2.34. The van der Waals surface area contributed by atoms with Crippen molar-refractivity contribution < 1.29 is 14.4 Å². The third-order valence-electron chi connectivity index (χ3n) is 2.23. The third kappa shape index (κ3) is 4.01. The standard InChI is InChI=1S/C11H16N2O4/c1-16-5-2-6-17-11-4-3-10(13(14)15)7-9(11)8-12/h3-4,7H,2,5-6,8,12H2,1H3. The number of rotatable bonds is 7. The maximum Gasteiger partial charge on any atom is 0.270 e. The maximum absolute atomic E-state index is 10.6. The quantitative estimate of drug-likeness (QED) is 0.443. The SMILES string of the molecule is COCCCOc1ccc([N+](=O)[O-])cc1CN. The van der Waals surface area contributed by atoms with Crippen LogP contribution in [0.3, 0.4) is 0 Å². The fourth-order valence-corrected chi connectivity index (χ4v) is 1.37. The molecule has 0 saturated heterocycles. The average molecular weight is 240 g/mol. The summed E-state index contributed by atoms with van der Waals surface area (Å²) in [5.74, 6) is 0.592. The fraction of sp³-hybridized carbons (Fsp3) is 0.455. The smallest absolute Gasteiger partial charge is 0.270 e. The van der Waals surface area contributed by atoms with Crippen LogP contribution >= 0.6 is 0 Å². The molecule has 0 aromatic heterocycles. The van der Waals surface area contributed by atoms with Gasteiger partial charge < -0.3 is 15.2 Å². The monoisotopic (exact) mass is 240 g/mol. The molecule has 0 atom stereocenters. The molecule has 6 heteroatoms. The van der Waals surface area contributed by atoms with Gasteiger partial charge in [0, 0.05) is 44.4 Å². The zero-order valence-electron chi connectivity index (χ0n) is 9.72. The molecule has 1 aromatic carbocycles.